The van der Waals surface area contributed by atoms with Gasteiger partial charge in [0, 0.05) is 18.2 Å². The standard InChI is InChI=1S/C10H11N3O3/c1-15-10(14)7-5-8(16-13-7)6-3-2-4-12-9(6)11/h2-4,8H,5H2,1H3,(H2,11,12). The van der Waals surface area contributed by atoms with Crippen molar-refractivity contribution in [2.75, 3.05) is 12.8 Å². The fourth-order valence-electron chi connectivity index (χ4n) is 1.48. The summed E-state index contributed by atoms with van der Waals surface area (Å²) in [4.78, 5) is 20.3. The molecule has 1 aliphatic rings. The highest BCUT2D eigenvalue weighted by Crippen LogP contribution is 2.29. The Balaban J connectivity index is 2.12. The first-order valence-electron chi connectivity index (χ1n) is 4.73. The molecule has 2 rings (SSSR count). The first kappa shape index (κ1) is 10.4. The molecule has 0 radical (unpaired) electrons. The number of carbonyl (C=O) groups is 1. The van der Waals surface area contributed by atoms with Gasteiger partial charge in [0.2, 0.25) is 0 Å². The maximum absolute atomic E-state index is 11.2. The van der Waals surface area contributed by atoms with E-state index < -0.39 is 5.97 Å². The molecule has 6 heteroatoms. The molecular formula is C10H11N3O3. The van der Waals surface area contributed by atoms with Gasteiger partial charge in [-0.1, -0.05) is 5.16 Å². The van der Waals surface area contributed by atoms with Gasteiger partial charge in [0.25, 0.3) is 0 Å². The average molecular weight is 221 g/mol. The maximum Gasteiger partial charge on any atom is 0.355 e. The summed E-state index contributed by atoms with van der Waals surface area (Å²) in [6.45, 7) is 0. The number of hydrogen-bond acceptors (Lipinski definition) is 6. The number of rotatable bonds is 2. The summed E-state index contributed by atoms with van der Waals surface area (Å²) < 4.78 is 4.55. The Morgan fingerprint density at radius 2 is 2.50 bits per heavy atom. The van der Waals surface area contributed by atoms with Crippen molar-refractivity contribution in [1.82, 2.24) is 4.98 Å². The summed E-state index contributed by atoms with van der Waals surface area (Å²) in [6, 6.07) is 3.55. The van der Waals surface area contributed by atoms with Crippen LogP contribution in [0.5, 0.6) is 0 Å². The van der Waals surface area contributed by atoms with Crippen molar-refractivity contribution < 1.29 is 14.4 Å². The maximum atomic E-state index is 11.2. The van der Waals surface area contributed by atoms with Crippen LogP contribution in [-0.4, -0.2) is 23.8 Å². The van der Waals surface area contributed by atoms with Crippen LogP contribution in [0.2, 0.25) is 0 Å². The van der Waals surface area contributed by atoms with Crippen molar-refractivity contribution in [3.8, 4) is 0 Å². The second kappa shape index (κ2) is 4.18. The van der Waals surface area contributed by atoms with Gasteiger partial charge in [0.1, 0.15) is 5.82 Å². The molecule has 2 heterocycles. The second-order valence-corrected chi connectivity index (χ2v) is 3.31. The third-order valence-electron chi connectivity index (χ3n) is 2.31. The fourth-order valence-corrected chi connectivity index (χ4v) is 1.48. The monoisotopic (exact) mass is 221 g/mol. The lowest BCUT2D eigenvalue weighted by atomic mass is 10.1. The van der Waals surface area contributed by atoms with E-state index in [9.17, 15) is 4.79 Å². The lowest BCUT2D eigenvalue weighted by molar-refractivity contribution is -0.132. The van der Waals surface area contributed by atoms with Crippen LogP contribution in [0.4, 0.5) is 5.82 Å². The van der Waals surface area contributed by atoms with Gasteiger partial charge >= 0.3 is 5.97 Å². The number of methoxy groups -OCH3 is 1. The Morgan fingerprint density at radius 3 is 3.19 bits per heavy atom. The van der Waals surface area contributed by atoms with Crippen molar-refractivity contribution in [3.05, 3.63) is 23.9 Å². The molecule has 1 aromatic rings. The predicted molar refractivity (Wildman–Crippen MR) is 56.5 cm³/mol. The number of anilines is 1. The number of oxime groups is 1. The third kappa shape index (κ3) is 1.81. The van der Waals surface area contributed by atoms with E-state index in [1.165, 1.54) is 7.11 Å². The Hall–Kier alpha value is -2.11. The van der Waals surface area contributed by atoms with Crippen LogP contribution in [-0.2, 0) is 14.4 Å². The van der Waals surface area contributed by atoms with Crippen molar-refractivity contribution in [2.24, 2.45) is 5.16 Å². The Morgan fingerprint density at radius 1 is 1.69 bits per heavy atom. The number of nitrogen functional groups attached to an aromatic ring is 1. The number of hydrogen-bond donors (Lipinski definition) is 1. The molecule has 0 saturated heterocycles. The van der Waals surface area contributed by atoms with Gasteiger partial charge < -0.3 is 15.3 Å². The van der Waals surface area contributed by atoms with Crippen molar-refractivity contribution >= 4 is 17.5 Å². The van der Waals surface area contributed by atoms with E-state index in [1.807, 2.05) is 0 Å². The Kier molecular flexibility index (Phi) is 2.72. The number of carbonyl (C=O) groups excluding carboxylic acids is 1. The number of nitrogens with zero attached hydrogens (tertiary/aromatic N) is 2. The molecule has 1 aromatic heterocycles. The molecule has 1 unspecified atom stereocenters. The smallest absolute Gasteiger partial charge is 0.355 e. The molecule has 16 heavy (non-hydrogen) atoms. The number of pyridine rings is 1. The van der Waals surface area contributed by atoms with E-state index in [1.54, 1.807) is 18.3 Å². The minimum atomic E-state index is -0.482. The highest BCUT2D eigenvalue weighted by molar-refractivity contribution is 6.36. The first-order valence-corrected chi connectivity index (χ1v) is 4.73. The topological polar surface area (TPSA) is 86.8 Å². The molecule has 6 nitrogen and oxygen atoms in total. The molecule has 0 bridgehead atoms. The minimum absolute atomic E-state index is 0.260. The van der Waals surface area contributed by atoms with Crippen LogP contribution in [0, 0.1) is 0 Å². The largest absolute Gasteiger partial charge is 0.464 e. The van der Waals surface area contributed by atoms with Crippen LogP contribution < -0.4 is 5.73 Å². The lowest BCUT2D eigenvalue weighted by Gasteiger charge is -2.09. The average Bonchev–Trinajstić information content (AvgIpc) is 2.78. The molecule has 1 atom stereocenters. The Bertz CT molecular complexity index is 445. The van der Waals surface area contributed by atoms with Gasteiger partial charge in [-0.05, 0) is 12.1 Å². The van der Waals surface area contributed by atoms with Crippen LogP contribution in [0.3, 0.4) is 0 Å². The second-order valence-electron chi connectivity index (χ2n) is 3.31. The van der Waals surface area contributed by atoms with Gasteiger partial charge in [-0.3, -0.25) is 0 Å². The molecule has 2 N–H and O–H groups in total. The molecule has 0 spiro atoms. The van der Waals surface area contributed by atoms with E-state index in [2.05, 4.69) is 14.9 Å². The number of ether oxygens (including phenoxy) is 1. The van der Waals surface area contributed by atoms with Crippen LogP contribution in [0.25, 0.3) is 0 Å². The summed E-state index contributed by atoms with van der Waals surface area (Å²) >= 11 is 0. The van der Waals surface area contributed by atoms with Crippen LogP contribution in [0.15, 0.2) is 23.5 Å². The van der Waals surface area contributed by atoms with E-state index in [0.29, 0.717) is 12.2 Å². The molecular weight excluding hydrogens is 210 g/mol. The number of nitrogens with two attached hydrogens (primary N) is 1. The van der Waals surface area contributed by atoms with Gasteiger partial charge in [0.05, 0.1) is 7.11 Å². The fraction of sp³-hybridized carbons (Fsp3) is 0.300. The zero-order chi connectivity index (χ0) is 11.5. The summed E-state index contributed by atoms with van der Waals surface area (Å²) in [5.74, 6) is -0.0984. The van der Waals surface area contributed by atoms with Gasteiger partial charge in [-0.25, -0.2) is 9.78 Å². The number of aromatic nitrogens is 1. The normalized spacial score (nSPS) is 18.8. The molecule has 0 saturated carbocycles. The van der Waals surface area contributed by atoms with E-state index in [4.69, 9.17) is 10.6 Å². The van der Waals surface area contributed by atoms with Crippen molar-refractivity contribution in [3.63, 3.8) is 0 Å². The van der Waals surface area contributed by atoms with E-state index in [0.717, 1.165) is 5.56 Å². The van der Waals surface area contributed by atoms with E-state index >= 15 is 0 Å². The van der Waals surface area contributed by atoms with Crippen molar-refractivity contribution in [2.45, 2.75) is 12.5 Å². The molecule has 0 aromatic carbocycles. The molecule has 1 aliphatic heterocycles. The Labute approximate surface area is 92.0 Å². The molecule has 0 aliphatic carbocycles. The first-order chi connectivity index (χ1) is 7.72. The van der Waals surface area contributed by atoms with Gasteiger partial charge in [-0.2, -0.15) is 0 Å². The van der Waals surface area contributed by atoms with Crippen LogP contribution in [0.1, 0.15) is 18.1 Å². The van der Waals surface area contributed by atoms with Gasteiger partial charge in [-0.15, -0.1) is 0 Å². The number of esters is 1. The summed E-state index contributed by atoms with van der Waals surface area (Å²) in [7, 11) is 1.30. The van der Waals surface area contributed by atoms with E-state index in [-0.39, 0.29) is 11.8 Å². The molecule has 84 valence electrons. The van der Waals surface area contributed by atoms with Crippen LogP contribution >= 0.6 is 0 Å². The predicted octanol–water partition coefficient (Wildman–Crippen LogP) is 0.654. The summed E-state index contributed by atoms with van der Waals surface area (Å²) in [6.07, 6.45) is 1.58. The zero-order valence-corrected chi connectivity index (χ0v) is 8.71. The molecule has 0 amide bonds. The highest BCUT2D eigenvalue weighted by atomic mass is 16.6. The summed E-state index contributed by atoms with van der Waals surface area (Å²) in [5, 5.41) is 3.66. The minimum Gasteiger partial charge on any atom is -0.464 e. The third-order valence-corrected chi connectivity index (χ3v) is 2.31. The van der Waals surface area contributed by atoms with Crippen molar-refractivity contribution in [1.29, 1.82) is 0 Å². The molecule has 0 fully saturated rings. The van der Waals surface area contributed by atoms with Gasteiger partial charge in [0.15, 0.2) is 11.8 Å². The SMILES string of the molecule is COC(=O)C1=NOC(c2cccnc2N)C1. The quantitative estimate of drug-likeness (QED) is 0.741. The lowest BCUT2D eigenvalue weighted by Crippen LogP contribution is -2.14. The summed E-state index contributed by atoms with van der Waals surface area (Å²) in [5.41, 5.74) is 6.68. The highest BCUT2D eigenvalue weighted by Gasteiger charge is 2.29. The zero-order valence-electron chi connectivity index (χ0n) is 8.71.